The normalized spacial score (nSPS) is 10.2. The highest BCUT2D eigenvalue weighted by Gasteiger charge is 2.11. The fourth-order valence-corrected chi connectivity index (χ4v) is 0.745. The number of hydrogen-bond donors (Lipinski definition) is 0. The highest BCUT2D eigenvalue weighted by molar-refractivity contribution is 6.83. The van der Waals surface area contributed by atoms with Gasteiger partial charge in [0, 0.05) is 5.88 Å². The molecule has 0 nitrogen and oxygen atoms in total. The van der Waals surface area contributed by atoms with Gasteiger partial charge in [0.15, 0.2) is 0 Å². The van der Waals surface area contributed by atoms with Gasteiger partial charge in [0.2, 0.25) is 0 Å². The molecule has 0 heterocycles. The van der Waals surface area contributed by atoms with E-state index in [1.54, 1.807) is 0 Å². The summed E-state index contributed by atoms with van der Waals surface area (Å²) in [6.07, 6.45) is 0. The molecule has 0 spiro atoms. The quantitative estimate of drug-likeness (QED) is 0.637. The van der Waals surface area contributed by atoms with E-state index in [1.807, 2.05) is 30.3 Å². The largest absolute Gasteiger partial charge is 0.266 e. The van der Waals surface area contributed by atoms with Crippen LogP contribution in [0.1, 0.15) is 5.56 Å². The Morgan fingerprint density at radius 1 is 0.923 bits per heavy atom. The van der Waals surface area contributed by atoms with E-state index in [4.69, 9.17) is 58.0 Å². The van der Waals surface area contributed by atoms with Crippen molar-refractivity contribution in [1.29, 1.82) is 0 Å². The average molecular weight is 280 g/mol. The molecule has 0 aromatic heterocycles. The molecule has 74 valence electrons. The first kappa shape index (κ1) is 13.7. The second-order valence-electron chi connectivity index (χ2n) is 2.05. The maximum Gasteiger partial charge on any atom is 0.266 e. The Hall–Kier alpha value is 0.670. The molecule has 0 fully saturated rings. The van der Waals surface area contributed by atoms with Crippen LogP contribution in [0.25, 0.3) is 0 Å². The van der Waals surface area contributed by atoms with Crippen LogP contribution >= 0.6 is 58.0 Å². The lowest BCUT2D eigenvalue weighted by atomic mass is 10.2. The maximum atomic E-state index is 5.53. The number of hydrogen-bond acceptors (Lipinski definition) is 0. The van der Waals surface area contributed by atoms with Crippen LogP contribution in [0.15, 0.2) is 30.3 Å². The Morgan fingerprint density at radius 3 is 1.54 bits per heavy atom. The molecular formula is C8H7Cl5. The first-order chi connectivity index (χ1) is 5.93. The predicted molar refractivity (Wildman–Crippen MR) is 62.1 cm³/mol. The van der Waals surface area contributed by atoms with E-state index in [9.17, 15) is 0 Å². The lowest BCUT2D eigenvalue weighted by Crippen LogP contribution is -1.81. The average Bonchev–Trinajstić information content (AvgIpc) is 2.03. The van der Waals surface area contributed by atoms with Gasteiger partial charge in [0.05, 0.1) is 0 Å². The van der Waals surface area contributed by atoms with Crippen LogP contribution in [0.4, 0.5) is 0 Å². The van der Waals surface area contributed by atoms with Crippen molar-refractivity contribution in [1.82, 2.24) is 0 Å². The SMILES string of the molecule is ClC(Cl)(Cl)Cl.ClCc1ccccc1. The molecule has 0 saturated heterocycles. The van der Waals surface area contributed by atoms with Crippen LogP contribution < -0.4 is 0 Å². The third-order valence-electron chi connectivity index (χ3n) is 0.997. The molecule has 0 bridgehead atoms. The van der Waals surface area contributed by atoms with Crippen molar-refractivity contribution in [2.45, 2.75) is 9.13 Å². The lowest BCUT2D eigenvalue weighted by molar-refractivity contribution is 1.41. The zero-order valence-corrected chi connectivity index (χ0v) is 10.3. The van der Waals surface area contributed by atoms with Gasteiger partial charge in [-0.3, -0.25) is 0 Å². The third kappa shape index (κ3) is 12.7. The van der Waals surface area contributed by atoms with Crippen LogP contribution in [0.3, 0.4) is 0 Å². The van der Waals surface area contributed by atoms with Gasteiger partial charge < -0.3 is 0 Å². The van der Waals surface area contributed by atoms with Gasteiger partial charge in [-0.2, -0.15) is 0 Å². The summed E-state index contributed by atoms with van der Waals surface area (Å²) in [7, 11) is 0. The van der Waals surface area contributed by atoms with Gasteiger partial charge in [-0.05, 0) is 5.56 Å². The number of alkyl halides is 5. The standard InChI is InChI=1S/C7H7Cl.CCl4/c8-6-7-4-2-1-3-5-7;2-1(3,4)5/h1-5H,6H2;. The van der Waals surface area contributed by atoms with Gasteiger partial charge in [-0.15, -0.1) is 11.6 Å². The smallest absolute Gasteiger partial charge is 0.122 e. The summed E-state index contributed by atoms with van der Waals surface area (Å²) in [5, 5.41) is 0. The summed E-state index contributed by atoms with van der Waals surface area (Å²) in [6, 6.07) is 9.96. The van der Waals surface area contributed by atoms with Crippen LogP contribution in [-0.4, -0.2) is 3.25 Å². The summed E-state index contributed by atoms with van der Waals surface area (Å²) in [5.41, 5.74) is 1.18. The van der Waals surface area contributed by atoms with E-state index in [0.29, 0.717) is 5.88 Å². The van der Waals surface area contributed by atoms with E-state index in [0.717, 1.165) is 0 Å². The number of rotatable bonds is 1. The Balaban J connectivity index is 0.000000252. The van der Waals surface area contributed by atoms with E-state index in [-0.39, 0.29) is 0 Å². The minimum atomic E-state index is -1.61. The molecule has 0 aliphatic rings. The molecule has 0 N–H and O–H groups in total. The zero-order valence-electron chi connectivity index (χ0n) is 6.48. The fourth-order valence-electron chi connectivity index (χ4n) is 0.567. The molecule has 0 saturated carbocycles. The Bertz CT molecular complexity index is 210. The molecule has 0 radical (unpaired) electrons. The van der Waals surface area contributed by atoms with Crippen molar-refractivity contribution in [3.63, 3.8) is 0 Å². The molecule has 5 heteroatoms. The van der Waals surface area contributed by atoms with E-state index in [1.165, 1.54) is 5.56 Å². The van der Waals surface area contributed by atoms with Crippen molar-refractivity contribution in [2.24, 2.45) is 0 Å². The minimum Gasteiger partial charge on any atom is -0.122 e. The van der Waals surface area contributed by atoms with Crippen LogP contribution in [0, 0.1) is 0 Å². The Morgan fingerprint density at radius 2 is 1.31 bits per heavy atom. The lowest BCUT2D eigenvalue weighted by Gasteiger charge is -1.91. The Kier molecular flexibility index (Phi) is 7.39. The summed E-state index contributed by atoms with van der Waals surface area (Å²) in [5.74, 6) is 0.612. The van der Waals surface area contributed by atoms with Gasteiger partial charge >= 0.3 is 0 Å². The molecular weight excluding hydrogens is 273 g/mol. The van der Waals surface area contributed by atoms with Gasteiger partial charge in [0.25, 0.3) is 3.25 Å². The van der Waals surface area contributed by atoms with Crippen molar-refractivity contribution >= 4 is 58.0 Å². The summed E-state index contributed by atoms with van der Waals surface area (Å²) in [6.45, 7) is 0. The highest BCUT2D eigenvalue weighted by atomic mass is 35.6. The Labute approximate surface area is 103 Å². The predicted octanol–water partition coefficient (Wildman–Crippen LogP) is 4.98. The minimum absolute atomic E-state index is 0.612. The maximum absolute atomic E-state index is 5.53. The number of benzene rings is 1. The van der Waals surface area contributed by atoms with Crippen LogP contribution in [0.2, 0.25) is 0 Å². The summed E-state index contributed by atoms with van der Waals surface area (Å²) >= 11 is 24.8. The van der Waals surface area contributed by atoms with Crippen molar-refractivity contribution in [2.75, 3.05) is 0 Å². The molecule has 0 atom stereocenters. The molecule has 0 unspecified atom stereocenters. The monoisotopic (exact) mass is 278 g/mol. The summed E-state index contributed by atoms with van der Waals surface area (Å²) < 4.78 is -1.61. The summed E-state index contributed by atoms with van der Waals surface area (Å²) in [4.78, 5) is 0. The first-order valence-corrected chi connectivity index (χ1v) is 5.33. The molecule has 13 heavy (non-hydrogen) atoms. The highest BCUT2D eigenvalue weighted by Crippen LogP contribution is 2.29. The molecule has 0 amide bonds. The molecule has 1 rings (SSSR count). The number of halogens is 5. The third-order valence-corrected chi connectivity index (χ3v) is 1.31. The van der Waals surface area contributed by atoms with Gasteiger partial charge in [0.1, 0.15) is 0 Å². The zero-order chi connectivity index (χ0) is 10.3. The second-order valence-corrected chi connectivity index (χ2v) is 5.74. The van der Waals surface area contributed by atoms with Crippen LogP contribution in [-0.2, 0) is 5.88 Å². The topological polar surface area (TPSA) is 0 Å². The van der Waals surface area contributed by atoms with Crippen molar-refractivity contribution in [3.05, 3.63) is 35.9 Å². The first-order valence-electron chi connectivity index (χ1n) is 3.29. The fraction of sp³-hybridized carbons (Fsp3) is 0.250. The van der Waals surface area contributed by atoms with Crippen molar-refractivity contribution < 1.29 is 0 Å². The van der Waals surface area contributed by atoms with E-state index in [2.05, 4.69) is 0 Å². The van der Waals surface area contributed by atoms with E-state index < -0.39 is 3.25 Å². The molecule has 0 aliphatic carbocycles. The van der Waals surface area contributed by atoms with Gasteiger partial charge in [-0.1, -0.05) is 76.7 Å². The second kappa shape index (κ2) is 7.03. The molecule has 1 aromatic rings. The van der Waals surface area contributed by atoms with E-state index >= 15 is 0 Å². The van der Waals surface area contributed by atoms with Gasteiger partial charge in [-0.25, -0.2) is 0 Å². The van der Waals surface area contributed by atoms with Crippen LogP contribution in [0.5, 0.6) is 0 Å². The molecule has 1 aromatic carbocycles. The molecule has 0 aliphatic heterocycles. The van der Waals surface area contributed by atoms with Crippen molar-refractivity contribution in [3.8, 4) is 0 Å².